The first-order valence-corrected chi connectivity index (χ1v) is 8.29. The van der Waals surface area contributed by atoms with Gasteiger partial charge in [-0.2, -0.15) is 0 Å². The Balaban J connectivity index is 1.76. The first-order valence-electron chi connectivity index (χ1n) is 7.91. The Bertz CT molecular complexity index is 500. The van der Waals surface area contributed by atoms with Gasteiger partial charge in [-0.15, -0.1) is 0 Å². The fourth-order valence-electron chi connectivity index (χ4n) is 4.02. The Morgan fingerprint density at radius 2 is 2.10 bits per heavy atom. The van der Waals surface area contributed by atoms with E-state index in [0.717, 1.165) is 29.5 Å². The van der Waals surface area contributed by atoms with E-state index in [4.69, 9.17) is 21.1 Å². The second kappa shape index (κ2) is 6.05. The zero-order valence-electron chi connectivity index (χ0n) is 12.8. The first-order chi connectivity index (χ1) is 10.2. The number of benzene rings is 1. The summed E-state index contributed by atoms with van der Waals surface area (Å²) in [5, 5.41) is 4.40. The summed E-state index contributed by atoms with van der Waals surface area (Å²) in [6, 6.07) is 6.23. The fraction of sp³-hybridized carbons (Fsp3) is 0.647. The predicted octanol–water partition coefficient (Wildman–Crippen LogP) is 4.50. The highest BCUT2D eigenvalue weighted by atomic mass is 35.5. The maximum Gasteiger partial charge on any atom is 0.121 e. The van der Waals surface area contributed by atoms with Gasteiger partial charge >= 0.3 is 0 Å². The molecule has 21 heavy (non-hydrogen) atoms. The molecule has 0 aliphatic heterocycles. The van der Waals surface area contributed by atoms with Gasteiger partial charge in [0.05, 0.1) is 23.9 Å². The molecule has 2 aliphatic carbocycles. The zero-order chi connectivity index (χ0) is 14.9. The highest BCUT2D eigenvalue weighted by Gasteiger charge is 2.56. The molecule has 0 heterocycles. The van der Waals surface area contributed by atoms with Crippen LogP contribution in [-0.2, 0) is 4.74 Å². The highest BCUT2D eigenvalue weighted by Crippen LogP contribution is 2.55. The van der Waals surface area contributed by atoms with Crippen molar-refractivity contribution in [3.8, 4) is 5.75 Å². The topological polar surface area (TPSA) is 30.5 Å². The van der Waals surface area contributed by atoms with Crippen molar-refractivity contribution in [3.63, 3.8) is 0 Å². The van der Waals surface area contributed by atoms with Crippen LogP contribution in [0.1, 0.15) is 39.0 Å². The average molecular weight is 310 g/mol. The minimum absolute atomic E-state index is 0.308. The van der Waals surface area contributed by atoms with Crippen molar-refractivity contribution in [2.75, 3.05) is 19.0 Å². The SMILES string of the molecule is CCOC1CC(Nc2cc(OC)ccc2Cl)C12CCCC2. The van der Waals surface area contributed by atoms with Crippen molar-refractivity contribution in [2.24, 2.45) is 5.41 Å². The van der Waals surface area contributed by atoms with E-state index in [1.165, 1.54) is 25.7 Å². The molecule has 3 rings (SSSR count). The van der Waals surface area contributed by atoms with Crippen LogP contribution in [0, 0.1) is 5.41 Å². The zero-order valence-corrected chi connectivity index (χ0v) is 13.6. The van der Waals surface area contributed by atoms with E-state index in [9.17, 15) is 0 Å². The molecule has 0 aromatic heterocycles. The summed E-state index contributed by atoms with van der Waals surface area (Å²) < 4.78 is 11.3. The van der Waals surface area contributed by atoms with Crippen molar-refractivity contribution >= 4 is 17.3 Å². The number of methoxy groups -OCH3 is 1. The summed E-state index contributed by atoms with van der Waals surface area (Å²) in [6.07, 6.45) is 6.63. The van der Waals surface area contributed by atoms with Crippen LogP contribution in [0.4, 0.5) is 5.69 Å². The van der Waals surface area contributed by atoms with Crippen LogP contribution in [0.25, 0.3) is 0 Å². The van der Waals surface area contributed by atoms with E-state index in [1.807, 2.05) is 18.2 Å². The van der Waals surface area contributed by atoms with E-state index in [2.05, 4.69) is 12.2 Å². The molecule has 1 N–H and O–H groups in total. The number of hydrogen-bond acceptors (Lipinski definition) is 3. The third-order valence-electron chi connectivity index (χ3n) is 5.19. The van der Waals surface area contributed by atoms with Crippen LogP contribution in [0.5, 0.6) is 5.75 Å². The number of halogens is 1. The van der Waals surface area contributed by atoms with Gasteiger partial charge in [-0.05, 0) is 38.3 Å². The van der Waals surface area contributed by atoms with Crippen LogP contribution < -0.4 is 10.1 Å². The number of anilines is 1. The van der Waals surface area contributed by atoms with E-state index < -0.39 is 0 Å². The second-order valence-electron chi connectivity index (χ2n) is 6.16. The van der Waals surface area contributed by atoms with E-state index in [-0.39, 0.29) is 0 Å². The molecule has 2 aliphatic rings. The maximum absolute atomic E-state index is 6.32. The third kappa shape index (κ3) is 2.62. The Morgan fingerprint density at radius 3 is 2.76 bits per heavy atom. The molecule has 0 radical (unpaired) electrons. The van der Waals surface area contributed by atoms with Gasteiger partial charge in [0.25, 0.3) is 0 Å². The summed E-state index contributed by atoms with van der Waals surface area (Å²) >= 11 is 6.32. The van der Waals surface area contributed by atoms with Crippen LogP contribution in [-0.4, -0.2) is 25.9 Å². The maximum atomic E-state index is 6.32. The summed E-state index contributed by atoms with van der Waals surface area (Å²) in [4.78, 5) is 0. The first kappa shape index (κ1) is 15.0. The third-order valence-corrected chi connectivity index (χ3v) is 5.52. The minimum Gasteiger partial charge on any atom is -0.497 e. The average Bonchev–Trinajstić information content (AvgIpc) is 3.00. The molecule has 3 nitrogen and oxygen atoms in total. The summed E-state index contributed by atoms with van der Waals surface area (Å²) in [6.45, 7) is 2.89. The lowest BCUT2D eigenvalue weighted by Crippen LogP contribution is -2.60. The lowest BCUT2D eigenvalue weighted by atomic mass is 9.60. The number of nitrogens with one attached hydrogen (secondary N) is 1. The largest absolute Gasteiger partial charge is 0.497 e. The van der Waals surface area contributed by atoms with Gasteiger partial charge in [0, 0.05) is 24.1 Å². The van der Waals surface area contributed by atoms with Crippen LogP contribution >= 0.6 is 11.6 Å². The lowest BCUT2D eigenvalue weighted by Gasteiger charge is -2.54. The van der Waals surface area contributed by atoms with E-state index >= 15 is 0 Å². The van der Waals surface area contributed by atoms with Gasteiger partial charge in [0.2, 0.25) is 0 Å². The van der Waals surface area contributed by atoms with Crippen molar-refractivity contribution in [3.05, 3.63) is 23.2 Å². The Morgan fingerprint density at radius 1 is 1.33 bits per heavy atom. The fourth-order valence-corrected chi connectivity index (χ4v) is 4.19. The highest BCUT2D eigenvalue weighted by molar-refractivity contribution is 6.33. The second-order valence-corrected chi connectivity index (χ2v) is 6.57. The minimum atomic E-state index is 0.308. The lowest BCUT2D eigenvalue weighted by molar-refractivity contribution is -0.114. The number of ether oxygens (including phenoxy) is 2. The Kier molecular flexibility index (Phi) is 4.32. The van der Waals surface area contributed by atoms with Crippen molar-refractivity contribution in [1.82, 2.24) is 0 Å². The van der Waals surface area contributed by atoms with Gasteiger partial charge in [0.1, 0.15) is 5.75 Å². The summed E-state index contributed by atoms with van der Waals surface area (Å²) in [5.41, 5.74) is 1.28. The molecule has 2 unspecified atom stereocenters. The molecule has 0 amide bonds. The number of hydrogen-bond donors (Lipinski definition) is 1. The number of rotatable bonds is 5. The predicted molar refractivity (Wildman–Crippen MR) is 86.3 cm³/mol. The monoisotopic (exact) mass is 309 g/mol. The standard InChI is InChI=1S/C17H24ClNO2/c1-3-21-16-11-15(17(16)8-4-5-9-17)19-14-10-12(20-2)6-7-13(14)18/h6-7,10,15-16,19H,3-5,8-9,11H2,1-2H3. The normalized spacial score (nSPS) is 26.6. The van der Waals surface area contributed by atoms with Crippen LogP contribution in [0.3, 0.4) is 0 Å². The van der Waals surface area contributed by atoms with Crippen molar-refractivity contribution < 1.29 is 9.47 Å². The van der Waals surface area contributed by atoms with Crippen molar-refractivity contribution in [2.45, 2.75) is 51.2 Å². The van der Waals surface area contributed by atoms with Crippen LogP contribution in [0.2, 0.25) is 5.02 Å². The molecule has 2 saturated carbocycles. The molecule has 0 saturated heterocycles. The van der Waals surface area contributed by atoms with Gasteiger partial charge < -0.3 is 14.8 Å². The van der Waals surface area contributed by atoms with Gasteiger partial charge in [-0.1, -0.05) is 24.4 Å². The Hall–Kier alpha value is -0.930. The van der Waals surface area contributed by atoms with Crippen LogP contribution in [0.15, 0.2) is 18.2 Å². The van der Waals surface area contributed by atoms with Gasteiger partial charge in [-0.25, -0.2) is 0 Å². The molecular formula is C17H24ClNO2. The van der Waals surface area contributed by atoms with Gasteiger partial charge in [0.15, 0.2) is 0 Å². The molecule has 116 valence electrons. The smallest absolute Gasteiger partial charge is 0.121 e. The molecule has 4 heteroatoms. The summed E-state index contributed by atoms with van der Waals surface area (Å²) in [5.74, 6) is 0.836. The Labute approximate surface area is 132 Å². The van der Waals surface area contributed by atoms with E-state index in [1.54, 1.807) is 7.11 Å². The summed E-state index contributed by atoms with van der Waals surface area (Å²) in [7, 11) is 1.68. The molecular weight excluding hydrogens is 286 g/mol. The molecule has 2 fully saturated rings. The molecule has 2 atom stereocenters. The quantitative estimate of drug-likeness (QED) is 0.868. The molecule has 1 aromatic carbocycles. The molecule has 1 spiro atoms. The van der Waals surface area contributed by atoms with E-state index in [0.29, 0.717) is 17.6 Å². The van der Waals surface area contributed by atoms with Crippen molar-refractivity contribution in [1.29, 1.82) is 0 Å². The molecule has 0 bridgehead atoms. The van der Waals surface area contributed by atoms with Gasteiger partial charge in [-0.3, -0.25) is 0 Å². The molecule has 1 aromatic rings.